The van der Waals surface area contributed by atoms with Gasteiger partial charge in [0.25, 0.3) is 0 Å². The van der Waals surface area contributed by atoms with E-state index < -0.39 is 86.2 Å². The summed E-state index contributed by atoms with van der Waals surface area (Å²) < 4.78 is 149. The van der Waals surface area contributed by atoms with Gasteiger partial charge < -0.3 is 4.90 Å². The van der Waals surface area contributed by atoms with Crippen molar-refractivity contribution in [2.75, 3.05) is 14.1 Å². The second-order valence-corrected chi connectivity index (χ2v) is 10.9. The lowest BCUT2D eigenvalue weighted by molar-refractivity contribution is -0.786. The molecule has 1 N–H and O–H groups in total. The average Bonchev–Trinajstić information content (AvgIpc) is 3.11. The highest BCUT2D eigenvalue weighted by atomic mass is 19.2. The van der Waals surface area contributed by atoms with Gasteiger partial charge in [0.05, 0.1) is 14.1 Å². The summed E-state index contributed by atoms with van der Waals surface area (Å²) in [5.74, 6) is -25.2. The Morgan fingerprint density at radius 2 is 0.792 bits per heavy atom. The first-order chi connectivity index (χ1) is 22.7. The van der Waals surface area contributed by atoms with Crippen LogP contribution in [0.1, 0.15) is 11.1 Å². The number of benzene rings is 5. The summed E-state index contributed by atoms with van der Waals surface area (Å²) in [6.07, 6.45) is -2.00. The van der Waals surface area contributed by atoms with Crippen LogP contribution in [0, 0.1) is 58.2 Å². The summed E-state index contributed by atoms with van der Waals surface area (Å²) in [5.41, 5.74) is -3.11. The van der Waals surface area contributed by atoms with Crippen molar-refractivity contribution < 1.29 is 48.8 Å². The van der Waals surface area contributed by atoms with Crippen molar-refractivity contribution in [3.63, 3.8) is 0 Å². The lowest BCUT2D eigenvalue weighted by atomic mass is 9.12. The maximum atomic E-state index is 15.6. The molecular formula is C36H26BF10N. The summed E-state index contributed by atoms with van der Waals surface area (Å²) in [6, 6.07) is 19.6. The number of quaternary nitrogens is 1. The second-order valence-electron chi connectivity index (χ2n) is 10.9. The Morgan fingerprint density at radius 1 is 0.458 bits per heavy atom. The van der Waals surface area contributed by atoms with Crippen LogP contribution >= 0.6 is 0 Å². The normalized spacial score (nSPS) is 11.3. The first-order valence-corrected chi connectivity index (χ1v) is 14.2. The molecule has 0 aliphatic heterocycles. The fraction of sp³-hybridized carbons (Fsp3) is 0.0556. The van der Waals surface area contributed by atoms with Gasteiger partial charge >= 0.3 is 0 Å². The van der Waals surface area contributed by atoms with E-state index in [1.54, 1.807) is 0 Å². The van der Waals surface area contributed by atoms with Crippen LogP contribution in [0.15, 0.2) is 92.0 Å². The number of rotatable bonds is 7. The molecule has 0 aliphatic carbocycles. The Hall–Kier alpha value is -5.10. The molecule has 48 heavy (non-hydrogen) atoms. The first-order valence-electron chi connectivity index (χ1n) is 14.2. The quantitative estimate of drug-likeness (QED) is 0.0909. The highest BCUT2D eigenvalue weighted by molar-refractivity contribution is 7.20. The van der Waals surface area contributed by atoms with Crippen molar-refractivity contribution in [1.29, 1.82) is 0 Å². The molecule has 0 bridgehead atoms. The lowest BCUT2D eigenvalue weighted by Crippen LogP contribution is -3.00. The fourth-order valence-corrected chi connectivity index (χ4v) is 5.69. The largest absolute Gasteiger partial charge is 0.307 e. The predicted molar refractivity (Wildman–Crippen MR) is 169 cm³/mol. The Morgan fingerprint density at radius 3 is 1.08 bits per heavy atom. The predicted octanol–water partition coefficient (Wildman–Crippen LogP) is 6.20. The van der Waals surface area contributed by atoms with Gasteiger partial charge in [0.15, 0.2) is 34.9 Å². The molecule has 5 aromatic rings. The van der Waals surface area contributed by atoms with Crippen molar-refractivity contribution in [1.82, 2.24) is 0 Å². The minimum absolute atomic E-state index is 0.131. The van der Waals surface area contributed by atoms with Gasteiger partial charge in [-0.3, -0.25) is 0 Å². The van der Waals surface area contributed by atoms with Gasteiger partial charge in [-0.25, -0.2) is 43.9 Å². The maximum absolute atomic E-state index is 15.6. The van der Waals surface area contributed by atoms with Crippen LogP contribution in [-0.4, -0.2) is 20.2 Å². The zero-order valence-electron chi connectivity index (χ0n) is 25.4. The summed E-state index contributed by atoms with van der Waals surface area (Å²) in [5, 5.41) is 0. The minimum atomic E-state index is -4.37. The fourth-order valence-electron chi connectivity index (χ4n) is 5.69. The van der Waals surface area contributed by atoms with Crippen LogP contribution in [0.4, 0.5) is 49.6 Å². The molecule has 248 valence electrons. The second kappa shape index (κ2) is 14.3. The van der Waals surface area contributed by atoms with E-state index in [2.05, 4.69) is 51.5 Å². The molecule has 0 atom stereocenters. The van der Waals surface area contributed by atoms with E-state index in [0.717, 1.165) is 24.3 Å². The van der Waals surface area contributed by atoms with Crippen LogP contribution < -0.4 is 26.8 Å². The van der Waals surface area contributed by atoms with Gasteiger partial charge in [-0.2, -0.15) is 10.9 Å². The SMILES string of the molecule is C=Cc1cccc([B-](c2cccc(C=C)c2)(c2c(F)c(F)c(F)c(F)c2F)c2c(F)c(F)c(F)c(F)c2F)c1.C[NH+](C)c1ccccc1. The van der Waals surface area contributed by atoms with Gasteiger partial charge in [0.1, 0.15) is 35.1 Å². The molecule has 0 amide bonds. The third kappa shape index (κ3) is 6.15. The maximum Gasteiger partial charge on any atom is 0.200 e. The molecule has 5 rings (SSSR count). The smallest absolute Gasteiger partial charge is 0.200 e. The van der Waals surface area contributed by atoms with Gasteiger partial charge in [-0.1, -0.05) is 92.0 Å². The van der Waals surface area contributed by atoms with Crippen LogP contribution in [0.25, 0.3) is 12.2 Å². The Balaban J connectivity index is 0.000000500. The number of nitrogens with one attached hydrogen (secondary N) is 1. The molecule has 0 aromatic heterocycles. The Labute approximate surface area is 270 Å². The Bertz CT molecular complexity index is 1830. The third-order valence-electron chi connectivity index (χ3n) is 8.00. The Kier molecular flexibility index (Phi) is 10.7. The number of hydrogen-bond acceptors (Lipinski definition) is 0. The highest BCUT2D eigenvalue weighted by Crippen LogP contribution is 2.25. The minimum Gasteiger partial charge on any atom is -0.307 e. The summed E-state index contributed by atoms with van der Waals surface area (Å²) in [6.45, 7) is 7.02. The van der Waals surface area contributed by atoms with Crippen molar-refractivity contribution in [2.45, 2.75) is 0 Å². The molecule has 5 aromatic carbocycles. The van der Waals surface area contributed by atoms with E-state index in [4.69, 9.17) is 0 Å². The molecule has 0 saturated carbocycles. The molecule has 0 saturated heterocycles. The van der Waals surface area contributed by atoms with Crippen molar-refractivity contribution in [3.8, 4) is 0 Å². The monoisotopic (exact) mass is 673 g/mol. The molecule has 0 unspecified atom stereocenters. The van der Waals surface area contributed by atoms with E-state index in [9.17, 15) is 26.3 Å². The van der Waals surface area contributed by atoms with E-state index in [0.29, 0.717) is 0 Å². The third-order valence-corrected chi connectivity index (χ3v) is 8.00. The van der Waals surface area contributed by atoms with E-state index >= 15 is 17.6 Å². The number of hydrogen-bond donors (Lipinski definition) is 1. The van der Waals surface area contributed by atoms with Crippen molar-refractivity contribution >= 4 is 45.8 Å². The van der Waals surface area contributed by atoms with E-state index in [1.807, 2.05) is 6.07 Å². The van der Waals surface area contributed by atoms with Crippen molar-refractivity contribution in [3.05, 3.63) is 161 Å². The molecule has 0 heterocycles. The van der Waals surface area contributed by atoms with Gasteiger partial charge in [-0.05, 0) is 23.3 Å². The molecule has 12 heteroatoms. The first kappa shape index (κ1) is 35.8. The number of halogens is 10. The van der Waals surface area contributed by atoms with E-state index in [1.165, 1.54) is 47.0 Å². The zero-order chi connectivity index (χ0) is 35.5. The van der Waals surface area contributed by atoms with Crippen LogP contribution in [0.5, 0.6) is 0 Å². The molecule has 0 fully saturated rings. The zero-order valence-corrected chi connectivity index (χ0v) is 25.4. The molecule has 0 aliphatic rings. The highest BCUT2D eigenvalue weighted by Gasteiger charge is 2.45. The molecular weight excluding hydrogens is 647 g/mol. The van der Waals surface area contributed by atoms with Gasteiger partial charge in [0, 0.05) is 0 Å². The van der Waals surface area contributed by atoms with Gasteiger partial charge in [0.2, 0.25) is 0 Å². The summed E-state index contributed by atoms with van der Waals surface area (Å²) in [7, 11) is 4.24. The van der Waals surface area contributed by atoms with Crippen LogP contribution in [-0.2, 0) is 0 Å². The van der Waals surface area contributed by atoms with Crippen molar-refractivity contribution in [2.24, 2.45) is 0 Å². The summed E-state index contributed by atoms with van der Waals surface area (Å²) >= 11 is 0. The van der Waals surface area contributed by atoms with Crippen LogP contribution in [0.3, 0.4) is 0 Å². The average molecular weight is 673 g/mol. The molecule has 1 nitrogen and oxygen atoms in total. The van der Waals surface area contributed by atoms with Gasteiger partial charge in [-0.15, -0.1) is 10.9 Å². The van der Waals surface area contributed by atoms with Crippen LogP contribution in [0.2, 0.25) is 0 Å². The number of para-hydroxylation sites is 1. The molecule has 0 spiro atoms. The van der Waals surface area contributed by atoms with E-state index in [-0.39, 0.29) is 11.1 Å². The topological polar surface area (TPSA) is 4.44 Å². The lowest BCUT2D eigenvalue weighted by Gasteiger charge is -2.45. The molecule has 0 radical (unpaired) electrons. The summed E-state index contributed by atoms with van der Waals surface area (Å²) in [4.78, 5) is 1.37. The standard InChI is InChI=1S/C28H14BF10.C8H11N/c1-3-13-7-5-9-15(11-13)29(16-10-6-8-14(4-2)12-16,17-19(30)23(34)27(38)24(35)20(17)31)18-21(32)25(36)28(39)26(37)22(18)33;1-9(2)8-6-4-3-5-7-8/h3-12H,1-2H2;3-7H,1-2H3/q-1;/p+1.